The van der Waals surface area contributed by atoms with Crippen molar-refractivity contribution in [1.82, 2.24) is 0 Å². The Morgan fingerprint density at radius 3 is 2.73 bits per heavy atom. The second-order valence-corrected chi connectivity index (χ2v) is 6.02. The first-order valence-electron chi connectivity index (χ1n) is 6.82. The Kier molecular flexibility index (Phi) is 4.49. The van der Waals surface area contributed by atoms with Gasteiger partial charge in [0.15, 0.2) is 0 Å². The minimum atomic E-state index is 0.121. The molecule has 1 aliphatic rings. The molecule has 0 unspecified atom stereocenters. The zero-order valence-corrected chi connectivity index (χ0v) is 14.0. The van der Waals surface area contributed by atoms with Crippen molar-refractivity contribution in [2.45, 2.75) is 6.42 Å². The van der Waals surface area contributed by atoms with Gasteiger partial charge in [-0.05, 0) is 36.8 Å². The molecule has 2 aromatic rings. The first kappa shape index (κ1) is 15.1. The summed E-state index contributed by atoms with van der Waals surface area (Å²) in [4.78, 5) is 0. The topological polar surface area (TPSA) is 56.8 Å². The summed E-state index contributed by atoms with van der Waals surface area (Å²) < 4.78 is 5.56. The lowest BCUT2D eigenvalue weighted by Gasteiger charge is -2.20. The Hall–Kier alpha value is -1.79. The number of fused-ring (bicyclic) bond motifs is 1. The highest BCUT2D eigenvalue weighted by atomic mass is 79.9. The van der Waals surface area contributed by atoms with Gasteiger partial charge in [0.25, 0.3) is 0 Å². The first-order chi connectivity index (χ1) is 10.7. The molecular weight excluding hydrogens is 370 g/mol. The molecule has 0 saturated carbocycles. The van der Waals surface area contributed by atoms with Crippen LogP contribution in [-0.4, -0.2) is 17.0 Å². The van der Waals surface area contributed by atoms with E-state index in [-0.39, 0.29) is 5.75 Å². The maximum Gasteiger partial charge on any atom is 0.146 e. The van der Waals surface area contributed by atoms with Crippen molar-refractivity contribution >= 4 is 44.6 Å². The standard InChI is InChI=1S/C15H15BrClN3O2/c16-6-1-7-22-11-3-5-14(15(21)9-11)20-18-12-4-2-10(17)8-13(12)19-20/h2-5,8-9,18-19,21H,1,6-7H2. The molecule has 0 saturated heterocycles. The van der Waals surface area contributed by atoms with E-state index in [0.717, 1.165) is 23.1 Å². The number of nitrogens with one attached hydrogen (secondary N) is 2. The maximum absolute atomic E-state index is 10.2. The van der Waals surface area contributed by atoms with Gasteiger partial charge in [-0.2, -0.15) is 5.12 Å². The number of aromatic hydroxyl groups is 1. The maximum atomic E-state index is 10.2. The third-order valence-electron chi connectivity index (χ3n) is 3.18. The molecule has 1 heterocycles. The lowest BCUT2D eigenvalue weighted by Crippen LogP contribution is -2.29. The second kappa shape index (κ2) is 6.54. The van der Waals surface area contributed by atoms with Crippen molar-refractivity contribution in [1.29, 1.82) is 0 Å². The molecule has 5 nitrogen and oxygen atoms in total. The summed E-state index contributed by atoms with van der Waals surface area (Å²) >= 11 is 9.32. The second-order valence-electron chi connectivity index (χ2n) is 4.79. The van der Waals surface area contributed by atoms with Crippen molar-refractivity contribution in [2.24, 2.45) is 0 Å². The number of anilines is 3. The van der Waals surface area contributed by atoms with Crippen LogP contribution in [0.25, 0.3) is 0 Å². The number of benzene rings is 2. The summed E-state index contributed by atoms with van der Waals surface area (Å²) in [5.41, 5.74) is 8.62. The van der Waals surface area contributed by atoms with Crippen molar-refractivity contribution in [3.05, 3.63) is 41.4 Å². The number of alkyl halides is 1. The normalized spacial score (nSPS) is 12.5. The number of hydrazine groups is 2. The minimum Gasteiger partial charge on any atom is -0.505 e. The Morgan fingerprint density at radius 1 is 1.14 bits per heavy atom. The van der Waals surface area contributed by atoms with Crippen molar-refractivity contribution in [2.75, 3.05) is 27.9 Å². The fraction of sp³-hybridized carbons (Fsp3) is 0.200. The number of phenols is 1. The molecule has 0 amide bonds. The molecule has 0 aromatic heterocycles. The number of phenolic OH excluding ortho intramolecular Hbond substituents is 1. The molecule has 0 aliphatic carbocycles. The van der Waals surface area contributed by atoms with Gasteiger partial charge in [-0.3, -0.25) is 10.9 Å². The lowest BCUT2D eigenvalue weighted by molar-refractivity contribution is 0.317. The van der Waals surface area contributed by atoms with Crippen molar-refractivity contribution < 1.29 is 9.84 Å². The molecule has 3 rings (SSSR count). The van der Waals surface area contributed by atoms with Crippen LogP contribution in [0.15, 0.2) is 36.4 Å². The highest BCUT2D eigenvalue weighted by Crippen LogP contribution is 2.37. The molecule has 0 fully saturated rings. The van der Waals surface area contributed by atoms with Gasteiger partial charge in [-0.25, -0.2) is 0 Å². The summed E-state index contributed by atoms with van der Waals surface area (Å²) in [6.45, 7) is 0.605. The number of halogens is 2. The summed E-state index contributed by atoms with van der Waals surface area (Å²) in [5.74, 6) is 0.761. The van der Waals surface area contributed by atoms with Crippen LogP contribution in [0, 0.1) is 0 Å². The van der Waals surface area contributed by atoms with Crippen LogP contribution < -0.4 is 20.7 Å². The van der Waals surface area contributed by atoms with Gasteiger partial charge in [-0.1, -0.05) is 27.5 Å². The molecule has 22 heavy (non-hydrogen) atoms. The quantitative estimate of drug-likeness (QED) is 0.527. The van der Waals surface area contributed by atoms with Gasteiger partial charge >= 0.3 is 0 Å². The zero-order chi connectivity index (χ0) is 15.5. The Labute approximate surface area is 141 Å². The molecule has 0 bridgehead atoms. The van der Waals surface area contributed by atoms with E-state index in [9.17, 15) is 5.11 Å². The van der Waals surface area contributed by atoms with Crippen LogP contribution in [0.1, 0.15) is 6.42 Å². The average Bonchev–Trinajstić information content (AvgIpc) is 2.90. The van der Waals surface area contributed by atoms with E-state index < -0.39 is 0 Å². The molecule has 2 aromatic carbocycles. The monoisotopic (exact) mass is 383 g/mol. The largest absolute Gasteiger partial charge is 0.505 e. The van der Waals surface area contributed by atoms with Crippen LogP contribution >= 0.6 is 27.5 Å². The van der Waals surface area contributed by atoms with Crippen molar-refractivity contribution in [3.63, 3.8) is 0 Å². The van der Waals surface area contributed by atoms with E-state index in [4.69, 9.17) is 16.3 Å². The Bertz CT molecular complexity index is 684. The van der Waals surface area contributed by atoms with Gasteiger partial charge < -0.3 is 9.84 Å². The van der Waals surface area contributed by atoms with E-state index in [2.05, 4.69) is 26.8 Å². The summed E-state index contributed by atoms with van der Waals surface area (Å²) in [5, 5.41) is 13.4. The molecule has 0 atom stereocenters. The predicted octanol–water partition coefficient (Wildman–Crippen LogP) is 4.38. The first-order valence-corrected chi connectivity index (χ1v) is 8.32. The van der Waals surface area contributed by atoms with E-state index in [1.807, 2.05) is 18.2 Å². The van der Waals surface area contributed by atoms with Gasteiger partial charge in [-0.15, -0.1) is 0 Å². The molecule has 116 valence electrons. The zero-order valence-electron chi connectivity index (χ0n) is 11.6. The fourth-order valence-corrected chi connectivity index (χ4v) is 2.52. The van der Waals surface area contributed by atoms with Crippen LogP contribution in [0.5, 0.6) is 11.5 Å². The van der Waals surface area contributed by atoms with Gasteiger partial charge in [0.1, 0.15) is 17.2 Å². The third-order valence-corrected chi connectivity index (χ3v) is 3.98. The van der Waals surface area contributed by atoms with E-state index in [0.29, 0.717) is 23.1 Å². The summed E-state index contributed by atoms with van der Waals surface area (Å²) in [6.07, 6.45) is 0.911. The van der Waals surface area contributed by atoms with Gasteiger partial charge in [0.05, 0.1) is 18.0 Å². The molecule has 7 heteroatoms. The van der Waals surface area contributed by atoms with E-state index in [1.165, 1.54) is 0 Å². The smallest absolute Gasteiger partial charge is 0.146 e. The predicted molar refractivity (Wildman–Crippen MR) is 93.2 cm³/mol. The van der Waals surface area contributed by atoms with Crippen LogP contribution in [-0.2, 0) is 0 Å². The fourth-order valence-electron chi connectivity index (χ4n) is 2.12. The van der Waals surface area contributed by atoms with Crippen LogP contribution in [0.3, 0.4) is 0 Å². The summed E-state index contributed by atoms with van der Waals surface area (Å²) in [7, 11) is 0. The lowest BCUT2D eigenvalue weighted by atomic mass is 10.3. The molecular formula is C15H15BrClN3O2. The Morgan fingerprint density at radius 2 is 1.95 bits per heavy atom. The van der Waals surface area contributed by atoms with Crippen LogP contribution in [0.2, 0.25) is 5.02 Å². The SMILES string of the molecule is Oc1cc(OCCCBr)ccc1N1Nc2ccc(Cl)cc2N1. The highest BCUT2D eigenvalue weighted by Gasteiger charge is 2.20. The highest BCUT2D eigenvalue weighted by molar-refractivity contribution is 9.09. The van der Waals surface area contributed by atoms with E-state index >= 15 is 0 Å². The number of hydrogen-bond acceptors (Lipinski definition) is 5. The van der Waals surface area contributed by atoms with Crippen LogP contribution in [0.4, 0.5) is 17.1 Å². The number of rotatable bonds is 5. The average molecular weight is 385 g/mol. The minimum absolute atomic E-state index is 0.121. The Balaban J connectivity index is 1.74. The van der Waals surface area contributed by atoms with Crippen molar-refractivity contribution in [3.8, 4) is 11.5 Å². The number of nitrogens with zero attached hydrogens (tertiary/aromatic N) is 1. The molecule has 1 aliphatic heterocycles. The summed E-state index contributed by atoms with van der Waals surface area (Å²) in [6, 6.07) is 10.7. The number of hydrogen-bond donors (Lipinski definition) is 3. The number of ether oxygens (including phenoxy) is 1. The van der Waals surface area contributed by atoms with E-state index in [1.54, 1.807) is 23.3 Å². The van der Waals surface area contributed by atoms with Gasteiger partial charge in [0.2, 0.25) is 0 Å². The molecule has 0 radical (unpaired) electrons. The molecule has 3 N–H and O–H groups in total. The third kappa shape index (κ3) is 3.18. The molecule has 0 spiro atoms. The van der Waals surface area contributed by atoms with Gasteiger partial charge in [0, 0.05) is 16.4 Å².